The van der Waals surface area contributed by atoms with Crippen LogP contribution in [0.5, 0.6) is 0 Å². The number of hydrogen-bond acceptors (Lipinski definition) is 3. The number of carbonyl (C=O) groups excluding carboxylic acids is 1. The highest BCUT2D eigenvalue weighted by atomic mass is 16.6. The van der Waals surface area contributed by atoms with Crippen molar-refractivity contribution >= 4 is 12.1 Å². The third kappa shape index (κ3) is 10.2. The van der Waals surface area contributed by atoms with Gasteiger partial charge in [-0.2, -0.15) is 0 Å². The van der Waals surface area contributed by atoms with Crippen molar-refractivity contribution in [3.05, 3.63) is 0 Å². The molecule has 0 saturated heterocycles. The monoisotopic (exact) mass is 283 g/mol. The van der Waals surface area contributed by atoms with Crippen LogP contribution in [-0.4, -0.2) is 28.8 Å². The van der Waals surface area contributed by atoms with E-state index in [-0.39, 0.29) is 0 Å². The van der Waals surface area contributed by atoms with Gasteiger partial charge in [0.1, 0.15) is 11.6 Å². The zero-order chi connectivity index (χ0) is 15.6. The first-order chi connectivity index (χ1) is 9.26. The summed E-state index contributed by atoms with van der Waals surface area (Å²) >= 11 is 0. The van der Waals surface area contributed by atoms with Gasteiger partial charge in [-0.25, -0.2) is 9.59 Å². The van der Waals surface area contributed by atoms with E-state index in [1.807, 2.05) is 0 Å². The maximum absolute atomic E-state index is 11.5. The summed E-state index contributed by atoms with van der Waals surface area (Å²) in [6.45, 7) is 5.19. The number of unbranched alkanes of at least 4 members (excludes halogenated alkanes) is 4. The lowest BCUT2D eigenvalue weighted by Gasteiger charge is -2.22. The molecule has 2 N–H and O–H groups in total. The molecular weight excluding hydrogens is 258 g/mol. The van der Waals surface area contributed by atoms with Crippen molar-refractivity contribution in [3.63, 3.8) is 0 Å². The number of ether oxygens (including phenoxy) is 1. The molecule has 0 aromatic carbocycles. The largest absolute Gasteiger partial charge is 0.480 e. The van der Waals surface area contributed by atoms with Crippen LogP contribution in [-0.2, 0) is 9.53 Å². The number of terminal acetylenes is 1. The SMILES string of the molecule is C#CCCCCCCC(NC(=O)OC(C)(C)C)C(=O)O. The molecule has 5 heteroatoms. The van der Waals surface area contributed by atoms with Gasteiger partial charge in [0.2, 0.25) is 0 Å². The van der Waals surface area contributed by atoms with Crippen molar-refractivity contribution in [2.75, 3.05) is 0 Å². The van der Waals surface area contributed by atoms with Gasteiger partial charge in [-0.1, -0.05) is 19.3 Å². The van der Waals surface area contributed by atoms with E-state index in [2.05, 4.69) is 11.2 Å². The number of carboxylic acid groups (broad SMARTS) is 1. The first-order valence-corrected chi connectivity index (χ1v) is 6.92. The number of aliphatic carboxylic acids is 1. The van der Waals surface area contributed by atoms with Gasteiger partial charge < -0.3 is 15.2 Å². The first kappa shape index (κ1) is 18.3. The van der Waals surface area contributed by atoms with Crippen molar-refractivity contribution in [1.29, 1.82) is 0 Å². The third-order valence-corrected chi connectivity index (χ3v) is 2.55. The Hall–Kier alpha value is -1.70. The van der Waals surface area contributed by atoms with Crippen LogP contribution < -0.4 is 5.32 Å². The minimum absolute atomic E-state index is 0.393. The van der Waals surface area contributed by atoms with Gasteiger partial charge in [-0.15, -0.1) is 12.3 Å². The maximum Gasteiger partial charge on any atom is 0.408 e. The molecule has 0 aromatic rings. The number of carboxylic acids is 1. The summed E-state index contributed by atoms with van der Waals surface area (Å²) in [7, 11) is 0. The summed E-state index contributed by atoms with van der Waals surface area (Å²) in [6, 6.07) is -0.905. The van der Waals surface area contributed by atoms with Gasteiger partial charge in [-0.3, -0.25) is 0 Å². The Morgan fingerprint density at radius 1 is 1.25 bits per heavy atom. The molecule has 0 fully saturated rings. The second-order valence-corrected chi connectivity index (χ2v) is 5.69. The summed E-state index contributed by atoms with van der Waals surface area (Å²) in [5.74, 6) is 1.52. The molecule has 0 radical (unpaired) electrons. The van der Waals surface area contributed by atoms with Crippen LogP contribution in [0.15, 0.2) is 0 Å². The fraction of sp³-hybridized carbons (Fsp3) is 0.733. The molecule has 5 nitrogen and oxygen atoms in total. The fourth-order valence-corrected chi connectivity index (χ4v) is 1.64. The fourth-order valence-electron chi connectivity index (χ4n) is 1.64. The van der Waals surface area contributed by atoms with Gasteiger partial charge in [0.15, 0.2) is 0 Å². The van der Waals surface area contributed by atoms with Gasteiger partial charge in [0.05, 0.1) is 0 Å². The molecule has 114 valence electrons. The summed E-state index contributed by atoms with van der Waals surface area (Å²) < 4.78 is 5.04. The minimum atomic E-state index is -1.04. The highest BCUT2D eigenvalue weighted by Gasteiger charge is 2.23. The molecule has 0 rings (SSSR count). The van der Waals surface area contributed by atoms with Crippen LogP contribution >= 0.6 is 0 Å². The molecule has 0 aromatic heterocycles. The highest BCUT2D eigenvalue weighted by molar-refractivity contribution is 5.79. The number of amides is 1. The van der Waals surface area contributed by atoms with E-state index in [0.717, 1.165) is 32.1 Å². The van der Waals surface area contributed by atoms with Crippen molar-refractivity contribution in [2.45, 2.75) is 70.9 Å². The Kier molecular flexibility index (Phi) is 8.46. The Balaban J connectivity index is 4.03. The second kappa shape index (κ2) is 9.24. The van der Waals surface area contributed by atoms with Gasteiger partial charge in [-0.05, 0) is 33.6 Å². The molecule has 0 saturated carbocycles. The lowest BCUT2D eigenvalue weighted by atomic mass is 10.1. The van der Waals surface area contributed by atoms with Crippen LogP contribution in [0.1, 0.15) is 59.3 Å². The molecule has 1 amide bonds. The third-order valence-electron chi connectivity index (χ3n) is 2.55. The van der Waals surface area contributed by atoms with Crippen molar-refractivity contribution in [2.24, 2.45) is 0 Å². The van der Waals surface area contributed by atoms with Crippen LogP contribution in [0.4, 0.5) is 4.79 Å². The van der Waals surface area contributed by atoms with E-state index in [9.17, 15) is 9.59 Å². The second-order valence-electron chi connectivity index (χ2n) is 5.69. The molecule has 0 aliphatic heterocycles. The normalized spacial score (nSPS) is 12.3. The average Bonchev–Trinajstić information content (AvgIpc) is 2.29. The number of alkyl carbamates (subject to hydrolysis) is 1. The molecule has 0 bridgehead atoms. The lowest BCUT2D eigenvalue weighted by Crippen LogP contribution is -2.43. The first-order valence-electron chi connectivity index (χ1n) is 6.92. The van der Waals surface area contributed by atoms with Crippen molar-refractivity contribution < 1.29 is 19.4 Å². The smallest absolute Gasteiger partial charge is 0.408 e. The van der Waals surface area contributed by atoms with Gasteiger partial charge in [0.25, 0.3) is 0 Å². The Bertz CT molecular complexity index is 352. The maximum atomic E-state index is 11.5. The topological polar surface area (TPSA) is 75.6 Å². The summed E-state index contributed by atoms with van der Waals surface area (Å²) in [5, 5.41) is 11.4. The molecule has 0 aliphatic rings. The van der Waals surface area contributed by atoms with Crippen molar-refractivity contribution in [1.82, 2.24) is 5.32 Å². The van der Waals surface area contributed by atoms with E-state index in [1.165, 1.54) is 0 Å². The van der Waals surface area contributed by atoms with Crippen LogP contribution in [0, 0.1) is 12.3 Å². The summed E-state index contributed by atoms with van der Waals surface area (Å²) in [6.07, 6.45) is 9.16. The van der Waals surface area contributed by atoms with Crippen molar-refractivity contribution in [3.8, 4) is 12.3 Å². The zero-order valence-corrected chi connectivity index (χ0v) is 12.6. The van der Waals surface area contributed by atoms with Crippen LogP contribution in [0.3, 0.4) is 0 Å². The number of carbonyl (C=O) groups is 2. The van der Waals surface area contributed by atoms with Gasteiger partial charge >= 0.3 is 12.1 Å². The molecule has 0 aliphatic carbocycles. The number of rotatable bonds is 8. The zero-order valence-electron chi connectivity index (χ0n) is 12.6. The molecule has 1 unspecified atom stereocenters. The number of hydrogen-bond donors (Lipinski definition) is 2. The van der Waals surface area contributed by atoms with E-state index in [4.69, 9.17) is 16.3 Å². The van der Waals surface area contributed by atoms with Crippen LogP contribution in [0.2, 0.25) is 0 Å². The molecule has 0 heterocycles. The minimum Gasteiger partial charge on any atom is -0.480 e. The molecule has 0 spiro atoms. The lowest BCUT2D eigenvalue weighted by molar-refractivity contribution is -0.139. The standard InChI is InChI=1S/C15H25NO4/c1-5-6-7-8-9-10-11-12(13(17)18)16-14(19)20-15(2,3)4/h1,12H,6-11H2,2-4H3,(H,16,19)(H,17,18). The van der Waals surface area contributed by atoms with E-state index in [0.29, 0.717) is 6.42 Å². The summed E-state index contributed by atoms with van der Waals surface area (Å²) in [5.41, 5.74) is -0.637. The Morgan fingerprint density at radius 2 is 1.85 bits per heavy atom. The Labute approximate surface area is 121 Å². The predicted octanol–water partition coefficient (Wildman–Crippen LogP) is 2.94. The average molecular weight is 283 g/mol. The van der Waals surface area contributed by atoms with E-state index in [1.54, 1.807) is 20.8 Å². The Morgan fingerprint density at radius 3 is 2.35 bits per heavy atom. The van der Waals surface area contributed by atoms with E-state index >= 15 is 0 Å². The molecule has 20 heavy (non-hydrogen) atoms. The quantitative estimate of drug-likeness (QED) is 0.530. The highest BCUT2D eigenvalue weighted by Crippen LogP contribution is 2.10. The number of nitrogens with one attached hydrogen (secondary N) is 1. The molecule has 1 atom stereocenters. The molecular formula is C15H25NO4. The van der Waals surface area contributed by atoms with Gasteiger partial charge in [0, 0.05) is 6.42 Å². The van der Waals surface area contributed by atoms with E-state index < -0.39 is 23.7 Å². The predicted molar refractivity (Wildman–Crippen MR) is 77.3 cm³/mol. The summed E-state index contributed by atoms with van der Waals surface area (Å²) in [4.78, 5) is 22.6. The van der Waals surface area contributed by atoms with Crippen LogP contribution in [0.25, 0.3) is 0 Å².